The highest BCUT2D eigenvalue weighted by molar-refractivity contribution is 6.31. The lowest BCUT2D eigenvalue weighted by molar-refractivity contribution is 0.357. The molecule has 10 heteroatoms. The number of rotatable bonds is 6. The summed E-state index contributed by atoms with van der Waals surface area (Å²) in [5, 5.41) is 9.86. The molecule has 1 aliphatic carbocycles. The van der Waals surface area contributed by atoms with Gasteiger partial charge in [-0.2, -0.15) is 0 Å². The second kappa shape index (κ2) is 8.81. The molecule has 0 saturated heterocycles. The normalized spacial score (nSPS) is 19.3. The van der Waals surface area contributed by atoms with Crippen LogP contribution in [0.15, 0.2) is 30.7 Å². The summed E-state index contributed by atoms with van der Waals surface area (Å²) in [6, 6.07) is 5.16. The van der Waals surface area contributed by atoms with Crippen molar-refractivity contribution in [1.29, 1.82) is 0 Å². The molecule has 1 fully saturated rings. The Hall–Kier alpha value is -2.62. The fraction of sp³-hybridized carbons (Fsp3) is 0.368. The van der Waals surface area contributed by atoms with Crippen LogP contribution in [-0.4, -0.2) is 38.7 Å². The van der Waals surface area contributed by atoms with Gasteiger partial charge < -0.3 is 21.7 Å². The highest BCUT2D eigenvalue weighted by Gasteiger charge is 2.21. The molecule has 29 heavy (non-hydrogen) atoms. The summed E-state index contributed by atoms with van der Waals surface area (Å²) in [7, 11) is 0. The standard InChI is InChI=1S/C19H22ClFN8/c20-14-7-13(5-6-15(14)21)27-18-17-16(25-10-26-18)8-23-19(29-17)28-12-3-1-11(2-4-12)24-9-22/h5-8,10-12,24H,1-4,9,22H2,(H,23,28,29)(H,25,26,27). The zero-order chi connectivity index (χ0) is 20.2. The van der Waals surface area contributed by atoms with E-state index in [9.17, 15) is 4.39 Å². The fourth-order valence-electron chi connectivity index (χ4n) is 3.52. The minimum atomic E-state index is -0.477. The molecule has 5 N–H and O–H groups in total. The van der Waals surface area contributed by atoms with Crippen LogP contribution in [-0.2, 0) is 0 Å². The van der Waals surface area contributed by atoms with Gasteiger partial charge in [-0.05, 0) is 43.9 Å². The van der Waals surface area contributed by atoms with Gasteiger partial charge in [0.2, 0.25) is 5.95 Å². The number of hydrogen-bond donors (Lipinski definition) is 4. The van der Waals surface area contributed by atoms with Crippen LogP contribution in [0, 0.1) is 5.82 Å². The first kappa shape index (κ1) is 19.7. The molecule has 1 aromatic carbocycles. The van der Waals surface area contributed by atoms with Gasteiger partial charge in [-0.1, -0.05) is 11.6 Å². The molecule has 2 heterocycles. The smallest absolute Gasteiger partial charge is 0.223 e. The predicted molar refractivity (Wildman–Crippen MR) is 112 cm³/mol. The monoisotopic (exact) mass is 416 g/mol. The number of nitrogens with zero attached hydrogens (tertiary/aromatic N) is 4. The van der Waals surface area contributed by atoms with E-state index in [1.54, 1.807) is 12.3 Å². The molecule has 0 atom stereocenters. The molecule has 2 aromatic heterocycles. The second-order valence-electron chi connectivity index (χ2n) is 7.00. The van der Waals surface area contributed by atoms with Crippen molar-refractivity contribution in [2.24, 2.45) is 5.73 Å². The molecule has 0 unspecified atom stereocenters. The zero-order valence-corrected chi connectivity index (χ0v) is 16.5. The lowest BCUT2D eigenvalue weighted by atomic mass is 9.91. The molecule has 3 aromatic rings. The summed E-state index contributed by atoms with van der Waals surface area (Å²) in [4.78, 5) is 17.5. The molecule has 0 aliphatic heterocycles. The van der Waals surface area contributed by atoms with Gasteiger partial charge in [0, 0.05) is 24.4 Å². The van der Waals surface area contributed by atoms with E-state index < -0.39 is 5.82 Å². The molecular weight excluding hydrogens is 395 g/mol. The Bertz CT molecular complexity index is 993. The number of nitrogens with two attached hydrogens (primary N) is 1. The first-order valence-electron chi connectivity index (χ1n) is 9.52. The number of aromatic nitrogens is 4. The maximum Gasteiger partial charge on any atom is 0.223 e. The average molecular weight is 417 g/mol. The molecule has 4 rings (SSSR count). The fourth-order valence-corrected chi connectivity index (χ4v) is 3.70. The number of halogens is 2. The Morgan fingerprint density at radius 1 is 1.10 bits per heavy atom. The average Bonchev–Trinajstić information content (AvgIpc) is 2.73. The molecule has 0 spiro atoms. The number of benzene rings is 1. The van der Waals surface area contributed by atoms with E-state index in [-0.39, 0.29) is 5.02 Å². The van der Waals surface area contributed by atoms with Crippen LogP contribution in [0.3, 0.4) is 0 Å². The highest BCUT2D eigenvalue weighted by Crippen LogP contribution is 2.26. The van der Waals surface area contributed by atoms with Gasteiger partial charge in [0.25, 0.3) is 0 Å². The zero-order valence-electron chi connectivity index (χ0n) is 15.7. The van der Waals surface area contributed by atoms with Gasteiger partial charge in [-0.3, -0.25) is 0 Å². The van der Waals surface area contributed by atoms with Crippen molar-refractivity contribution in [1.82, 2.24) is 25.3 Å². The minimum Gasteiger partial charge on any atom is -0.351 e. The Balaban J connectivity index is 1.52. The van der Waals surface area contributed by atoms with Gasteiger partial charge in [-0.15, -0.1) is 0 Å². The SMILES string of the molecule is NCNC1CCC(Nc2ncc3ncnc(Nc4ccc(F)c(Cl)c4)c3n2)CC1. The molecular formula is C19H22ClFN8. The van der Waals surface area contributed by atoms with Gasteiger partial charge in [-0.25, -0.2) is 24.3 Å². The van der Waals surface area contributed by atoms with Gasteiger partial charge in [0.05, 0.1) is 11.2 Å². The van der Waals surface area contributed by atoms with Gasteiger partial charge in [0.1, 0.15) is 23.2 Å². The van der Waals surface area contributed by atoms with E-state index in [4.69, 9.17) is 17.3 Å². The maximum atomic E-state index is 13.4. The third-order valence-electron chi connectivity index (χ3n) is 5.03. The third kappa shape index (κ3) is 4.69. The van der Waals surface area contributed by atoms with E-state index in [2.05, 4.69) is 35.9 Å². The molecule has 8 nitrogen and oxygen atoms in total. The van der Waals surface area contributed by atoms with Crippen LogP contribution in [0.2, 0.25) is 5.02 Å². The van der Waals surface area contributed by atoms with E-state index in [0.717, 1.165) is 25.7 Å². The van der Waals surface area contributed by atoms with Crippen molar-refractivity contribution in [3.8, 4) is 0 Å². The maximum absolute atomic E-state index is 13.4. The van der Waals surface area contributed by atoms with E-state index in [1.807, 2.05) is 0 Å². The quantitative estimate of drug-likeness (QED) is 0.453. The Morgan fingerprint density at radius 3 is 2.66 bits per heavy atom. The summed E-state index contributed by atoms with van der Waals surface area (Å²) >= 11 is 5.87. The number of hydrogen-bond acceptors (Lipinski definition) is 8. The highest BCUT2D eigenvalue weighted by atomic mass is 35.5. The van der Waals surface area contributed by atoms with Crippen molar-refractivity contribution in [3.63, 3.8) is 0 Å². The van der Waals surface area contributed by atoms with Crippen LogP contribution in [0.5, 0.6) is 0 Å². The first-order chi connectivity index (χ1) is 14.1. The Labute approximate surface area is 172 Å². The van der Waals surface area contributed by atoms with Crippen molar-refractivity contribution in [2.45, 2.75) is 37.8 Å². The molecule has 0 radical (unpaired) electrons. The van der Waals surface area contributed by atoms with Crippen LogP contribution >= 0.6 is 11.6 Å². The Kier molecular flexibility index (Phi) is 5.98. The summed E-state index contributed by atoms with van der Waals surface area (Å²) in [6.45, 7) is 0.506. The van der Waals surface area contributed by atoms with Crippen molar-refractivity contribution in [3.05, 3.63) is 41.6 Å². The minimum absolute atomic E-state index is 0.0325. The summed E-state index contributed by atoms with van der Waals surface area (Å²) in [6.07, 6.45) is 7.25. The number of fused-ring (bicyclic) bond motifs is 1. The number of nitrogens with one attached hydrogen (secondary N) is 3. The summed E-state index contributed by atoms with van der Waals surface area (Å²) < 4.78 is 13.4. The predicted octanol–water partition coefficient (Wildman–Crippen LogP) is 3.18. The summed E-state index contributed by atoms with van der Waals surface area (Å²) in [5.41, 5.74) is 7.35. The van der Waals surface area contributed by atoms with Crippen LogP contribution in [0.25, 0.3) is 11.0 Å². The van der Waals surface area contributed by atoms with E-state index >= 15 is 0 Å². The lowest BCUT2D eigenvalue weighted by Gasteiger charge is -2.29. The van der Waals surface area contributed by atoms with Gasteiger partial charge in [0.15, 0.2) is 5.82 Å². The molecule has 1 saturated carbocycles. The first-order valence-corrected chi connectivity index (χ1v) is 9.90. The van der Waals surface area contributed by atoms with E-state index in [0.29, 0.717) is 47.2 Å². The van der Waals surface area contributed by atoms with Crippen LogP contribution in [0.4, 0.5) is 21.8 Å². The largest absolute Gasteiger partial charge is 0.351 e. The topological polar surface area (TPSA) is 114 Å². The summed E-state index contributed by atoms with van der Waals surface area (Å²) in [5.74, 6) is 0.552. The van der Waals surface area contributed by atoms with Gasteiger partial charge >= 0.3 is 0 Å². The van der Waals surface area contributed by atoms with Crippen molar-refractivity contribution >= 4 is 40.1 Å². The molecule has 0 amide bonds. The number of anilines is 3. The van der Waals surface area contributed by atoms with Crippen LogP contribution < -0.4 is 21.7 Å². The third-order valence-corrected chi connectivity index (χ3v) is 5.32. The Morgan fingerprint density at radius 2 is 1.90 bits per heavy atom. The van der Waals surface area contributed by atoms with Crippen molar-refractivity contribution in [2.75, 3.05) is 17.3 Å². The molecule has 152 valence electrons. The van der Waals surface area contributed by atoms with Crippen molar-refractivity contribution < 1.29 is 4.39 Å². The van der Waals surface area contributed by atoms with E-state index in [1.165, 1.54) is 18.5 Å². The van der Waals surface area contributed by atoms with Crippen LogP contribution in [0.1, 0.15) is 25.7 Å². The molecule has 0 bridgehead atoms. The second-order valence-corrected chi connectivity index (χ2v) is 7.41. The molecule has 1 aliphatic rings. The lowest BCUT2D eigenvalue weighted by Crippen LogP contribution is -2.39.